The Morgan fingerprint density at radius 2 is 2.09 bits per heavy atom. The van der Waals surface area contributed by atoms with Gasteiger partial charge in [0, 0.05) is 24.2 Å². The van der Waals surface area contributed by atoms with Gasteiger partial charge in [-0.1, -0.05) is 18.2 Å². The number of ether oxygens (including phenoxy) is 1. The van der Waals surface area contributed by atoms with Crippen LogP contribution in [0, 0.1) is 0 Å². The van der Waals surface area contributed by atoms with Crippen LogP contribution >= 0.6 is 0 Å². The van der Waals surface area contributed by atoms with Gasteiger partial charge in [0.25, 0.3) is 5.91 Å². The van der Waals surface area contributed by atoms with Crippen LogP contribution in [0.15, 0.2) is 47.1 Å². The molecule has 1 aliphatic rings. The predicted octanol–water partition coefficient (Wildman–Crippen LogP) is 3.57. The number of fused-ring (bicyclic) bond motifs is 2. The minimum atomic E-state index is -0.450. The number of para-hydroxylation sites is 1. The molecular formula is C18H18N2O3. The molecule has 0 fully saturated rings. The maximum absolute atomic E-state index is 12.9. The fourth-order valence-electron chi connectivity index (χ4n) is 3.06. The van der Waals surface area contributed by atoms with E-state index >= 15 is 0 Å². The summed E-state index contributed by atoms with van der Waals surface area (Å²) in [6.45, 7) is 5.03. The summed E-state index contributed by atoms with van der Waals surface area (Å²) in [5.41, 5.74) is 2.63. The van der Waals surface area contributed by atoms with Crippen molar-refractivity contribution in [1.29, 1.82) is 0 Å². The maximum atomic E-state index is 12.9. The molecule has 0 unspecified atom stereocenters. The van der Waals surface area contributed by atoms with Crippen LogP contribution in [0.1, 0.15) is 29.9 Å². The number of carbonyl (C=O) groups excluding carboxylic acids is 1. The van der Waals surface area contributed by atoms with E-state index in [1.807, 2.05) is 49.1 Å². The van der Waals surface area contributed by atoms with E-state index in [9.17, 15) is 4.79 Å². The van der Waals surface area contributed by atoms with Gasteiger partial charge in [0.2, 0.25) is 0 Å². The van der Waals surface area contributed by atoms with Gasteiger partial charge in [0.05, 0.1) is 18.3 Å². The molecule has 4 rings (SSSR count). The first-order valence-electron chi connectivity index (χ1n) is 7.64. The van der Waals surface area contributed by atoms with Crippen LogP contribution in [-0.2, 0) is 6.54 Å². The Balaban J connectivity index is 1.69. The highest BCUT2D eigenvalue weighted by atomic mass is 16.5. The topological polar surface area (TPSA) is 58.5 Å². The number of aromatic nitrogens is 1. The second kappa shape index (κ2) is 4.91. The Bertz CT molecular complexity index is 847. The third-order valence-electron chi connectivity index (χ3n) is 4.05. The van der Waals surface area contributed by atoms with E-state index in [2.05, 4.69) is 4.98 Å². The first-order valence-corrected chi connectivity index (χ1v) is 7.64. The molecule has 1 N–H and O–H groups in total. The monoisotopic (exact) mass is 310 g/mol. The first kappa shape index (κ1) is 13.9. The van der Waals surface area contributed by atoms with E-state index in [1.54, 1.807) is 12.3 Å². The number of nitrogens with one attached hydrogen (secondary N) is 1. The van der Waals surface area contributed by atoms with Gasteiger partial charge in [-0.05, 0) is 19.9 Å². The SMILES string of the molecule is CC1(C)CN(C(=O)c2cc3occc3[nH]2)Cc2ccccc2O1. The predicted molar refractivity (Wildman–Crippen MR) is 86.5 cm³/mol. The summed E-state index contributed by atoms with van der Waals surface area (Å²) in [5.74, 6) is 0.790. The highest BCUT2D eigenvalue weighted by molar-refractivity contribution is 5.96. The van der Waals surface area contributed by atoms with Crippen LogP contribution < -0.4 is 4.74 Å². The van der Waals surface area contributed by atoms with E-state index in [0.29, 0.717) is 24.4 Å². The number of nitrogens with zero attached hydrogens (tertiary/aromatic N) is 1. The lowest BCUT2D eigenvalue weighted by molar-refractivity contribution is 0.0497. The van der Waals surface area contributed by atoms with Gasteiger partial charge in [-0.3, -0.25) is 4.79 Å². The van der Waals surface area contributed by atoms with Crippen molar-refractivity contribution in [2.75, 3.05) is 6.54 Å². The van der Waals surface area contributed by atoms with Gasteiger partial charge in [-0.2, -0.15) is 0 Å². The third-order valence-corrected chi connectivity index (χ3v) is 4.05. The number of furan rings is 1. The molecule has 0 bridgehead atoms. The standard InChI is InChI=1S/C18H18N2O3/c1-18(2)11-20(10-12-5-3-4-6-15(12)23-18)17(21)14-9-16-13(19-14)7-8-22-16/h3-9,19H,10-11H2,1-2H3. The lowest BCUT2D eigenvalue weighted by Crippen LogP contribution is -2.43. The van der Waals surface area contributed by atoms with Crippen molar-refractivity contribution >= 4 is 17.0 Å². The van der Waals surface area contributed by atoms with Crippen LogP contribution in [-0.4, -0.2) is 27.9 Å². The number of aromatic amines is 1. The van der Waals surface area contributed by atoms with Crippen molar-refractivity contribution in [3.05, 3.63) is 53.9 Å². The zero-order chi connectivity index (χ0) is 16.0. The highest BCUT2D eigenvalue weighted by Gasteiger charge is 2.32. The fourth-order valence-corrected chi connectivity index (χ4v) is 3.06. The molecule has 0 radical (unpaired) electrons. The normalized spacial score (nSPS) is 16.7. The minimum Gasteiger partial charge on any atom is -0.486 e. The summed E-state index contributed by atoms with van der Waals surface area (Å²) in [5, 5.41) is 0. The zero-order valence-electron chi connectivity index (χ0n) is 13.1. The molecule has 1 aliphatic heterocycles. The van der Waals surface area contributed by atoms with Crippen LogP contribution in [0.2, 0.25) is 0 Å². The number of rotatable bonds is 1. The minimum absolute atomic E-state index is 0.0511. The Kier molecular flexibility index (Phi) is 2.98. The van der Waals surface area contributed by atoms with Crippen LogP contribution in [0.3, 0.4) is 0 Å². The summed E-state index contributed by atoms with van der Waals surface area (Å²) < 4.78 is 11.4. The quantitative estimate of drug-likeness (QED) is 0.747. The van der Waals surface area contributed by atoms with Gasteiger partial charge in [-0.25, -0.2) is 0 Å². The average molecular weight is 310 g/mol. The number of hydrogen-bond donors (Lipinski definition) is 1. The van der Waals surface area contributed by atoms with Crippen LogP contribution in [0.5, 0.6) is 5.75 Å². The second-order valence-electron chi connectivity index (χ2n) is 6.51. The van der Waals surface area contributed by atoms with Crippen molar-refractivity contribution in [1.82, 2.24) is 9.88 Å². The molecule has 118 valence electrons. The Labute approximate surface area is 133 Å². The molecule has 0 atom stereocenters. The number of H-pyrrole nitrogens is 1. The van der Waals surface area contributed by atoms with Gasteiger partial charge in [0.1, 0.15) is 17.0 Å². The summed E-state index contributed by atoms with van der Waals surface area (Å²) in [7, 11) is 0. The Hall–Kier alpha value is -2.69. The van der Waals surface area contributed by atoms with E-state index in [0.717, 1.165) is 16.8 Å². The number of benzene rings is 1. The molecular weight excluding hydrogens is 292 g/mol. The van der Waals surface area contributed by atoms with E-state index in [-0.39, 0.29) is 5.91 Å². The molecule has 3 heterocycles. The molecule has 5 nitrogen and oxygen atoms in total. The Morgan fingerprint density at radius 1 is 1.26 bits per heavy atom. The molecule has 1 aromatic carbocycles. The van der Waals surface area contributed by atoms with Crippen molar-refractivity contribution < 1.29 is 13.9 Å². The summed E-state index contributed by atoms with van der Waals surface area (Å²) in [4.78, 5) is 17.8. The third kappa shape index (κ3) is 2.48. The number of carbonyl (C=O) groups is 1. The van der Waals surface area contributed by atoms with Crippen molar-refractivity contribution in [2.24, 2.45) is 0 Å². The average Bonchev–Trinajstić information content (AvgIpc) is 3.04. The van der Waals surface area contributed by atoms with Crippen molar-refractivity contribution in [3.8, 4) is 5.75 Å². The Morgan fingerprint density at radius 3 is 2.91 bits per heavy atom. The van der Waals surface area contributed by atoms with Crippen molar-refractivity contribution in [3.63, 3.8) is 0 Å². The summed E-state index contributed by atoms with van der Waals surface area (Å²) in [6, 6.07) is 11.4. The van der Waals surface area contributed by atoms with E-state index in [4.69, 9.17) is 9.15 Å². The molecule has 0 saturated carbocycles. The van der Waals surface area contributed by atoms with E-state index in [1.165, 1.54) is 0 Å². The molecule has 1 amide bonds. The lowest BCUT2D eigenvalue weighted by Gasteiger charge is -2.29. The molecule has 0 aliphatic carbocycles. The first-order chi connectivity index (χ1) is 11.0. The van der Waals surface area contributed by atoms with Gasteiger partial charge < -0.3 is 19.0 Å². The highest BCUT2D eigenvalue weighted by Crippen LogP contribution is 2.30. The fraction of sp³-hybridized carbons (Fsp3) is 0.278. The molecule has 0 saturated heterocycles. The molecule has 0 spiro atoms. The van der Waals surface area contributed by atoms with Crippen molar-refractivity contribution in [2.45, 2.75) is 26.0 Å². The molecule has 23 heavy (non-hydrogen) atoms. The lowest BCUT2D eigenvalue weighted by atomic mass is 10.1. The molecule has 2 aromatic heterocycles. The van der Waals surface area contributed by atoms with E-state index < -0.39 is 5.60 Å². The molecule has 3 aromatic rings. The summed E-state index contributed by atoms with van der Waals surface area (Å²) >= 11 is 0. The van der Waals surface area contributed by atoms with Crippen LogP contribution in [0.4, 0.5) is 0 Å². The van der Waals surface area contributed by atoms with Gasteiger partial charge in [0.15, 0.2) is 5.58 Å². The summed E-state index contributed by atoms with van der Waals surface area (Å²) in [6.07, 6.45) is 1.61. The smallest absolute Gasteiger partial charge is 0.270 e. The second-order valence-corrected chi connectivity index (χ2v) is 6.51. The van der Waals surface area contributed by atoms with Gasteiger partial charge >= 0.3 is 0 Å². The maximum Gasteiger partial charge on any atom is 0.270 e. The largest absolute Gasteiger partial charge is 0.486 e. The zero-order valence-corrected chi connectivity index (χ0v) is 13.1. The number of amides is 1. The number of hydrogen-bond acceptors (Lipinski definition) is 3. The molecule has 5 heteroatoms. The van der Waals surface area contributed by atoms with Crippen LogP contribution in [0.25, 0.3) is 11.1 Å². The van der Waals surface area contributed by atoms with Gasteiger partial charge in [-0.15, -0.1) is 0 Å².